The highest BCUT2D eigenvalue weighted by molar-refractivity contribution is 5.73. The van der Waals surface area contributed by atoms with Crippen molar-refractivity contribution in [2.75, 3.05) is 13.1 Å². The zero-order valence-electron chi connectivity index (χ0n) is 11.3. The van der Waals surface area contributed by atoms with Crippen LogP contribution in [0.5, 0.6) is 0 Å². The van der Waals surface area contributed by atoms with Crippen LogP contribution in [0, 0.1) is 5.92 Å². The van der Waals surface area contributed by atoms with Gasteiger partial charge in [0.15, 0.2) is 0 Å². The molecule has 0 bridgehead atoms. The van der Waals surface area contributed by atoms with Gasteiger partial charge in [-0.15, -0.1) is 0 Å². The van der Waals surface area contributed by atoms with Gasteiger partial charge < -0.3 is 10.6 Å². The van der Waals surface area contributed by atoms with Crippen molar-refractivity contribution in [2.45, 2.75) is 64.7 Å². The normalized spacial score (nSPS) is 16.8. The van der Waals surface area contributed by atoms with E-state index in [1.54, 1.807) is 0 Å². The summed E-state index contributed by atoms with van der Waals surface area (Å²) in [4.78, 5) is 11.4. The molecule has 0 aromatic heterocycles. The summed E-state index contributed by atoms with van der Waals surface area (Å²) in [5.41, 5.74) is 0. The number of carbonyl (C=O) groups is 1. The molecule has 0 radical (unpaired) electrons. The summed E-state index contributed by atoms with van der Waals surface area (Å²) in [5.74, 6) is 0.851. The van der Waals surface area contributed by atoms with Gasteiger partial charge in [0, 0.05) is 13.1 Å². The molecular weight excluding hydrogens is 212 g/mol. The average molecular weight is 240 g/mol. The molecule has 0 spiro atoms. The second kappa shape index (κ2) is 9.32. The molecule has 1 rings (SSSR count). The number of amides is 2. The molecule has 3 nitrogen and oxygen atoms in total. The van der Waals surface area contributed by atoms with Crippen molar-refractivity contribution in [1.82, 2.24) is 10.6 Å². The smallest absolute Gasteiger partial charge is 0.314 e. The Labute approximate surface area is 106 Å². The number of hydrogen-bond acceptors (Lipinski definition) is 1. The van der Waals surface area contributed by atoms with Crippen LogP contribution in [-0.4, -0.2) is 19.1 Å². The van der Waals surface area contributed by atoms with Crippen LogP contribution in [-0.2, 0) is 0 Å². The molecule has 0 aliphatic heterocycles. The number of nitrogens with one attached hydrogen (secondary N) is 2. The fraction of sp³-hybridized carbons (Fsp3) is 0.929. The van der Waals surface area contributed by atoms with E-state index in [0.717, 1.165) is 31.8 Å². The lowest BCUT2D eigenvalue weighted by atomic mass is 9.87. The van der Waals surface area contributed by atoms with E-state index in [2.05, 4.69) is 17.6 Å². The van der Waals surface area contributed by atoms with Gasteiger partial charge in [-0.2, -0.15) is 0 Å². The van der Waals surface area contributed by atoms with Crippen molar-refractivity contribution >= 4 is 6.03 Å². The third kappa shape index (κ3) is 7.24. The van der Waals surface area contributed by atoms with Crippen LogP contribution in [0.4, 0.5) is 4.79 Å². The second-order valence-corrected chi connectivity index (χ2v) is 5.18. The van der Waals surface area contributed by atoms with E-state index in [1.165, 1.54) is 44.9 Å². The molecule has 0 aromatic rings. The molecule has 1 aliphatic carbocycles. The van der Waals surface area contributed by atoms with Gasteiger partial charge in [0.2, 0.25) is 0 Å². The minimum atomic E-state index is 0.0110. The Kier molecular flexibility index (Phi) is 7.85. The first-order valence-corrected chi connectivity index (χ1v) is 7.34. The van der Waals surface area contributed by atoms with Crippen LogP contribution in [0.15, 0.2) is 0 Å². The maximum atomic E-state index is 11.4. The maximum Gasteiger partial charge on any atom is 0.314 e. The monoisotopic (exact) mass is 240 g/mol. The molecule has 2 N–H and O–H groups in total. The van der Waals surface area contributed by atoms with E-state index in [4.69, 9.17) is 0 Å². The van der Waals surface area contributed by atoms with Crippen LogP contribution in [0.1, 0.15) is 64.7 Å². The van der Waals surface area contributed by atoms with Gasteiger partial charge >= 0.3 is 6.03 Å². The Balaban J connectivity index is 1.92. The Morgan fingerprint density at radius 1 is 1.06 bits per heavy atom. The van der Waals surface area contributed by atoms with Crippen LogP contribution in [0.3, 0.4) is 0 Å². The number of urea groups is 1. The second-order valence-electron chi connectivity index (χ2n) is 5.18. The van der Waals surface area contributed by atoms with Crippen molar-refractivity contribution in [2.24, 2.45) is 5.92 Å². The summed E-state index contributed by atoms with van der Waals surface area (Å²) in [5, 5.41) is 5.86. The maximum absolute atomic E-state index is 11.4. The highest BCUT2D eigenvalue weighted by Crippen LogP contribution is 2.25. The zero-order valence-corrected chi connectivity index (χ0v) is 11.3. The van der Waals surface area contributed by atoms with Gasteiger partial charge in [-0.1, -0.05) is 51.9 Å². The number of rotatable bonds is 7. The van der Waals surface area contributed by atoms with Gasteiger partial charge in [0.1, 0.15) is 0 Å². The zero-order chi connectivity index (χ0) is 12.3. The van der Waals surface area contributed by atoms with Crippen molar-refractivity contribution in [1.29, 1.82) is 0 Å². The minimum Gasteiger partial charge on any atom is -0.338 e. The highest BCUT2D eigenvalue weighted by Gasteiger charge is 2.12. The average Bonchev–Trinajstić information content (AvgIpc) is 2.36. The summed E-state index contributed by atoms with van der Waals surface area (Å²) in [7, 11) is 0. The Morgan fingerprint density at radius 2 is 1.76 bits per heavy atom. The Morgan fingerprint density at radius 3 is 2.47 bits per heavy atom. The quantitative estimate of drug-likeness (QED) is 0.658. The molecule has 2 amide bonds. The first-order chi connectivity index (χ1) is 8.33. The van der Waals surface area contributed by atoms with Gasteiger partial charge in [-0.25, -0.2) is 4.79 Å². The number of unbranched alkanes of at least 4 members (excludes halogenated alkanes) is 2. The van der Waals surface area contributed by atoms with Crippen molar-refractivity contribution in [3.8, 4) is 0 Å². The molecule has 3 heteroatoms. The van der Waals surface area contributed by atoms with E-state index in [9.17, 15) is 4.79 Å². The molecule has 0 aromatic carbocycles. The molecule has 0 atom stereocenters. The lowest BCUT2D eigenvalue weighted by molar-refractivity contribution is 0.238. The topological polar surface area (TPSA) is 41.1 Å². The fourth-order valence-corrected chi connectivity index (χ4v) is 2.51. The molecular formula is C14H28N2O. The SMILES string of the molecule is CCCCCNC(=O)NCCC1CCCCC1. The van der Waals surface area contributed by atoms with E-state index < -0.39 is 0 Å². The summed E-state index contributed by atoms with van der Waals surface area (Å²) in [6, 6.07) is 0.0110. The molecule has 1 saturated carbocycles. The molecule has 1 fully saturated rings. The summed E-state index contributed by atoms with van der Waals surface area (Å²) in [6.07, 6.45) is 11.5. The lowest BCUT2D eigenvalue weighted by Gasteiger charge is -2.21. The highest BCUT2D eigenvalue weighted by atomic mass is 16.2. The molecule has 17 heavy (non-hydrogen) atoms. The largest absolute Gasteiger partial charge is 0.338 e. The summed E-state index contributed by atoms with van der Waals surface area (Å²) >= 11 is 0. The Bertz CT molecular complexity index is 200. The molecule has 0 heterocycles. The molecule has 1 aliphatic rings. The molecule has 100 valence electrons. The van der Waals surface area contributed by atoms with Crippen LogP contribution in [0.25, 0.3) is 0 Å². The van der Waals surface area contributed by atoms with Gasteiger partial charge in [-0.3, -0.25) is 0 Å². The standard InChI is InChI=1S/C14H28N2O/c1-2-3-7-11-15-14(17)16-12-10-13-8-5-4-6-9-13/h13H,2-12H2,1H3,(H2,15,16,17). The van der Waals surface area contributed by atoms with Crippen molar-refractivity contribution < 1.29 is 4.79 Å². The number of hydrogen-bond donors (Lipinski definition) is 2. The van der Waals surface area contributed by atoms with Crippen molar-refractivity contribution in [3.05, 3.63) is 0 Å². The van der Waals surface area contributed by atoms with Gasteiger partial charge in [-0.05, 0) is 18.8 Å². The third-order valence-corrected chi connectivity index (χ3v) is 3.63. The fourth-order valence-electron chi connectivity index (χ4n) is 2.51. The summed E-state index contributed by atoms with van der Waals surface area (Å²) in [6.45, 7) is 3.82. The van der Waals surface area contributed by atoms with E-state index in [1.807, 2.05) is 0 Å². The Hall–Kier alpha value is -0.730. The first kappa shape index (κ1) is 14.3. The van der Waals surface area contributed by atoms with E-state index in [0.29, 0.717) is 0 Å². The predicted octanol–water partition coefficient (Wildman–Crippen LogP) is 3.45. The van der Waals surface area contributed by atoms with Crippen LogP contribution in [0.2, 0.25) is 0 Å². The van der Waals surface area contributed by atoms with Crippen LogP contribution >= 0.6 is 0 Å². The minimum absolute atomic E-state index is 0.0110. The third-order valence-electron chi connectivity index (χ3n) is 3.63. The molecule has 0 unspecified atom stereocenters. The van der Waals surface area contributed by atoms with Crippen LogP contribution < -0.4 is 10.6 Å². The summed E-state index contributed by atoms with van der Waals surface area (Å²) < 4.78 is 0. The van der Waals surface area contributed by atoms with Crippen molar-refractivity contribution in [3.63, 3.8) is 0 Å². The predicted molar refractivity (Wildman–Crippen MR) is 72.1 cm³/mol. The van der Waals surface area contributed by atoms with Gasteiger partial charge in [0.05, 0.1) is 0 Å². The lowest BCUT2D eigenvalue weighted by Crippen LogP contribution is -2.37. The number of carbonyl (C=O) groups excluding carboxylic acids is 1. The van der Waals surface area contributed by atoms with E-state index >= 15 is 0 Å². The molecule has 0 saturated heterocycles. The van der Waals surface area contributed by atoms with Gasteiger partial charge in [0.25, 0.3) is 0 Å². The first-order valence-electron chi connectivity index (χ1n) is 7.34. The van der Waals surface area contributed by atoms with E-state index in [-0.39, 0.29) is 6.03 Å².